The van der Waals surface area contributed by atoms with Gasteiger partial charge in [-0.15, -0.1) is 0 Å². The molecule has 1 amide bonds. The molecule has 140 valence electrons. The number of carbonyl (C=O) groups is 1. The predicted molar refractivity (Wildman–Crippen MR) is 116 cm³/mol. The summed E-state index contributed by atoms with van der Waals surface area (Å²) < 4.78 is 0. The van der Waals surface area contributed by atoms with Gasteiger partial charge in [0.25, 0.3) is 5.91 Å². The van der Waals surface area contributed by atoms with Gasteiger partial charge < -0.3 is 10.2 Å². The summed E-state index contributed by atoms with van der Waals surface area (Å²) in [7, 11) is 0. The van der Waals surface area contributed by atoms with Crippen molar-refractivity contribution in [1.29, 1.82) is 5.26 Å². The number of carbonyl (C=O) groups excluding carboxylic acids is 1. The molecule has 4 heteroatoms. The second-order valence-electron chi connectivity index (χ2n) is 6.41. The number of nitrogens with one attached hydrogen (secondary N) is 1. The normalized spacial score (nSPS) is 11.1. The lowest BCUT2D eigenvalue weighted by Gasteiger charge is -2.20. The van der Waals surface area contributed by atoms with Crippen LogP contribution in [-0.2, 0) is 4.79 Å². The average Bonchev–Trinajstić information content (AvgIpc) is 2.74. The third kappa shape index (κ3) is 4.21. The van der Waals surface area contributed by atoms with Crippen LogP contribution in [0.15, 0.2) is 72.3 Å². The average molecular weight is 369 g/mol. The molecule has 0 unspecified atom stereocenters. The fourth-order valence-electron chi connectivity index (χ4n) is 3.21. The molecule has 0 aliphatic carbocycles. The highest BCUT2D eigenvalue weighted by atomic mass is 16.1. The van der Waals surface area contributed by atoms with Crippen LogP contribution in [0.4, 0.5) is 11.4 Å². The van der Waals surface area contributed by atoms with Crippen molar-refractivity contribution in [2.75, 3.05) is 23.3 Å². The molecule has 0 atom stereocenters. The number of nitriles is 1. The summed E-state index contributed by atoms with van der Waals surface area (Å²) >= 11 is 0. The number of benzene rings is 3. The second-order valence-corrected chi connectivity index (χ2v) is 6.41. The number of anilines is 2. The molecule has 3 aromatic carbocycles. The Labute approximate surface area is 165 Å². The molecular formula is C24H23N3O. The van der Waals surface area contributed by atoms with Crippen LogP contribution in [0.25, 0.3) is 16.8 Å². The SMILES string of the molecule is CCN(CC)c1ccc(/C=C(/C#N)C(=O)Nc2cccc3ccccc23)cc1. The van der Waals surface area contributed by atoms with E-state index >= 15 is 0 Å². The van der Waals surface area contributed by atoms with Crippen molar-refractivity contribution in [3.8, 4) is 6.07 Å². The molecule has 0 saturated carbocycles. The molecule has 0 heterocycles. The lowest BCUT2D eigenvalue weighted by molar-refractivity contribution is -0.112. The van der Waals surface area contributed by atoms with E-state index in [9.17, 15) is 10.1 Å². The Kier molecular flexibility index (Phi) is 6.08. The molecule has 0 aliphatic heterocycles. The molecule has 0 fully saturated rings. The van der Waals surface area contributed by atoms with Crippen LogP contribution in [0.5, 0.6) is 0 Å². The standard InChI is InChI=1S/C24H23N3O/c1-3-27(4-2)21-14-12-18(13-15-21)16-20(17-25)24(28)26-23-11-7-9-19-8-5-6-10-22(19)23/h5-16H,3-4H2,1-2H3,(H,26,28)/b20-16-. The molecule has 3 rings (SSSR count). The van der Waals surface area contributed by atoms with Gasteiger partial charge >= 0.3 is 0 Å². The molecule has 0 spiro atoms. The van der Waals surface area contributed by atoms with Crippen molar-refractivity contribution in [1.82, 2.24) is 0 Å². The molecule has 0 aromatic heterocycles. The fourth-order valence-corrected chi connectivity index (χ4v) is 3.21. The second kappa shape index (κ2) is 8.88. The maximum Gasteiger partial charge on any atom is 0.266 e. The summed E-state index contributed by atoms with van der Waals surface area (Å²) in [4.78, 5) is 14.9. The van der Waals surface area contributed by atoms with Gasteiger partial charge in [0.1, 0.15) is 11.6 Å². The topological polar surface area (TPSA) is 56.1 Å². The molecule has 0 bridgehead atoms. The van der Waals surface area contributed by atoms with E-state index in [0.717, 1.165) is 35.1 Å². The molecule has 3 aromatic rings. The molecular weight excluding hydrogens is 346 g/mol. The molecule has 0 saturated heterocycles. The van der Waals surface area contributed by atoms with Gasteiger partial charge in [-0.3, -0.25) is 4.79 Å². The van der Waals surface area contributed by atoms with E-state index in [4.69, 9.17) is 0 Å². The van der Waals surface area contributed by atoms with Crippen molar-refractivity contribution in [3.05, 3.63) is 77.9 Å². The van der Waals surface area contributed by atoms with Crippen LogP contribution in [-0.4, -0.2) is 19.0 Å². The number of nitrogens with zero attached hydrogens (tertiary/aromatic N) is 2. The Morgan fingerprint density at radius 2 is 1.68 bits per heavy atom. The highest BCUT2D eigenvalue weighted by molar-refractivity contribution is 6.12. The minimum absolute atomic E-state index is 0.0727. The lowest BCUT2D eigenvalue weighted by atomic mass is 10.1. The highest BCUT2D eigenvalue weighted by Crippen LogP contribution is 2.24. The van der Waals surface area contributed by atoms with Crippen molar-refractivity contribution >= 4 is 34.1 Å². The van der Waals surface area contributed by atoms with Gasteiger partial charge in [-0.25, -0.2) is 0 Å². The van der Waals surface area contributed by atoms with Gasteiger partial charge in [-0.2, -0.15) is 5.26 Å². The van der Waals surface area contributed by atoms with E-state index in [0.29, 0.717) is 5.69 Å². The van der Waals surface area contributed by atoms with Crippen LogP contribution in [0, 0.1) is 11.3 Å². The highest BCUT2D eigenvalue weighted by Gasteiger charge is 2.11. The first kappa shape index (κ1) is 19.2. The quantitative estimate of drug-likeness (QED) is 0.478. The van der Waals surface area contributed by atoms with E-state index in [1.54, 1.807) is 6.08 Å². The van der Waals surface area contributed by atoms with Gasteiger partial charge in [-0.1, -0.05) is 48.5 Å². The van der Waals surface area contributed by atoms with Crippen LogP contribution in [0.1, 0.15) is 19.4 Å². The van der Waals surface area contributed by atoms with Crippen LogP contribution in [0.3, 0.4) is 0 Å². The van der Waals surface area contributed by atoms with Crippen molar-refractivity contribution < 1.29 is 4.79 Å². The van der Waals surface area contributed by atoms with Gasteiger partial charge in [0.05, 0.1) is 0 Å². The fraction of sp³-hybridized carbons (Fsp3) is 0.167. The number of rotatable bonds is 6. The Balaban J connectivity index is 1.82. The third-order valence-electron chi connectivity index (χ3n) is 4.74. The number of hydrogen-bond donors (Lipinski definition) is 1. The summed E-state index contributed by atoms with van der Waals surface area (Å²) in [5, 5.41) is 14.3. The molecule has 28 heavy (non-hydrogen) atoms. The minimum Gasteiger partial charge on any atom is -0.372 e. The summed E-state index contributed by atoms with van der Waals surface area (Å²) in [5.41, 5.74) is 2.71. The number of fused-ring (bicyclic) bond motifs is 1. The number of amides is 1. The Hall–Kier alpha value is -3.58. The summed E-state index contributed by atoms with van der Waals surface area (Å²) in [6.07, 6.45) is 1.62. The zero-order chi connectivity index (χ0) is 19.9. The van der Waals surface area contributed by atoms with E-state index in [-0.39, 0.29) is 5.57 Å². The van der Waals surface area contributed by atoms with Crippen molar-refractivity contribution in [2.24, 2.45) is 0 Å². The van der Waals surface area contributed by atoms with E-state index < -0.39 is 5.91 Å². The van der Waals surface area contributed by atoms with Crippen LogP contribution < -0.4 is 10.2 Å². The zero-order valence-corrected chi connectivity index (χ0v) is 16.1. The van der Waals surface area contributed by atoms with Crippen LogP contribution in [0.2, 0.25) is 0 Å². The van der Waals surface area contributed by atoms with Gasteiger partial charge in [0.2, 0.25) is 0 Å². The first-order chi connectivity index (χ1) is 13.7. The summed E-state index contributed by atoms with van der Waals surface area (Å²) in [5.74, 6) is -0.410. The lowest BCUT2D eigenvalue weighted by Crippen LogP contribution is -2.21. The molecule has 0 radical (unpaired) electrons. The first-order valence-corrected chi connectivity index (χ1v) is 9.42. The van der Waals surface area contributed by atoms with Gasteiger partial charge in [0, 0.05) is 29.9 Å². The minimum atomic E-state index is -0.410. The summed E-state index contributed by atoms with van der Waals surface area (Å²) in [6, 6.07) is 23.4. The third-order valence-corrected chi connectivity index (χ3v) is 4.74. The maximum atomic E-state index is 12.6. The van der Waals surface area contributed by atoms with E-state index in [1.807, 2.05) is 72.8 Å². The Morgan fingerprint density at radius 3 is 2.36 bits per heavy atom. The monoisotopic (exact) mass is 369 g/mol. The first-order valence-electron chi connectivity index (χ1n) is 9.42. The molecule has 1 N–H and O–H groups in total. The van der Waals surface area contributed by atoms with Gasteiger partial charge in [-0.05, 0) is 49.1 Å². The van der Waals surface area contributed by atoms with Gasteiger partial charge in [0.15, 0.2) is 0 Å². The molecule has 0 aliphatic rings. The van der Waals surface area contributed by atoms with E-state index in [2.05, 4.69) is 24.1 Å². The van der Waals surface area contributed by atoms with E-state index in [1.165, 1.54) is 0 Å². The largest absolute Gasteiger partial charge is 0.372 e. The molecule has 4 nitrogen and oxygen atoms in total. The summed E-state index contributed by atoms with van der Waals surface area (Å²) in [6.45, 7) is 6.09. The zero-order valence-electron chi connectivity index (χ0n) is 16.1. The predicted octanol–water partition coefficient (Wildman–Crippen LogP) is 5.23. The Morgan fingerprint density at radius 1 is 1.00 bits per heavy atom. The van der Waals surface area contributed by atoms with Crippen LogP contribution >= 0.6 is 0 Å². The Bertz CT molecular complexity index is 1040. The van der Waals surface area contributed by atoms with Crippen molar-refractivity contribution in [2.45, 2.75) is 13.8 Å². The number of hydrogen-bond acceptors (Lipinski definition) is 3. The maximum absolute atomic E-state index is 12.6. The smallest absolute Gasteiger partial charge is 0.266 e. The van der Waals surface area contributed by atoms with Crippen molar-refractivity contribution in [3.63, 3.8) is 0 Å².